The second kappa shape index (κ2) is 9.63. The van der Waals surface area contributed by atoms with Crippen molar-refractivity contribution in [1.29, 1.82) is 0 Å². The van der Waals surface area contributed by atoms with Crippen LogP contribution >= 0.6 is 11.3 Å². The molecule has 0 unspecified atom stereocenters. The summed E-state index contributed by atoms with van der Waals surface area (Å²) in [7, 11) is 1.63. The quantitative estimate of drug-likeness (QED) is 0.514. The number of anilines is 2. The van der Waals surface area contributed by atoms with E-state index in [-0.39, 0.29) is 24.3 Å². The number of hydrogen-bond acceptors (Lipinski definition) is 7. The number of thiazole rings is 1. The fourth-order valence-corrected chi connectivity index (χ4v) is 5.22. The van der Waals surface area contributed by atoms with Crippen LogP contribution < -0.4 is 16.0 Å². The van der Waals surface area contributed by atoms with Gasteiger partial charge in [-0.15, -0.1) is 0 Å². The van der Waals surface area contributed by atoms with Crippen molar-refractivity contribution >= 4 is 50.1 Å². The van der Waals surface area contributed by atoms with Crippen LogP contribution in [0.15, 0.2) is 42.6 Å². The van der Waals surface area contributed by atoms with E-state index in [0.29, 0.717) is 23.8 Å². The van der Waals surface area contributed by atoms with Crippen molar-refractivity contribution in [2.45, 2.75) is 25.2 Å². The summed E-state index contributed by atoms with van der Waals surface area (Å²) >= 11 is 1.35. The molecular weight excluding hydrogens is 440 g/mol. The van der Waals surface area contributed by atoms with E-state index in [4.69, 9.17) is 0 Å². The predicted molar refractivity (Wildman–Crippen MR) is 128 cm³/mol. The summed E-state index contributed by atoms with van der Waals surface area (Å²) in [6.07, 6.45) is 3.15. The van der Waals surface area contributed by atoms with Crippen LogP contribution in [0.5, 0.6) is 0 Å². The summed E-state index contributed by atoms with van der Waals surface area (Å²) in [5.41, 5.74) is 1.36. The Kier molecular flexibility index (Phi) is 6.66. The lowest BCUT2D eigenvalue weighted by atomic mass is 9.75. The molecule has 1 fully saturated rings. The number of carbonyl (C=O) groups excluding carboxylic acids is 3. The first-order valence-corrected chi connectivity index (χ1v) is 11.6. The molecule has 0 aliphatic carbocycles. The fraction of sp³-hybridized carbons (Fsp3) is 0.348. The highest BCUT2D eigenvalue weighted by molar-refractivity contribution is 7.22. The number of piperidine rings is 1. The number of nitrogens with zero attached hydrogens (tertiary/aromatic N) is 3. The number of nitrogens with one attached hydrogen (secondary N) is 3. The number of aromatic nitrogens is 2. The molecule has 0 bridgehead atoms. The molecule has 3 N–H and O–H groups in total. The zero-order chi connectivity index (χ0) is 23.4. The molecule has 0 spiro atoms. The molecule has 4 rings (SSSR count). The topological polar surface area (TPSA) is 116 Å². The highest BCUT2D eigenvalue weighted by Gasteiger charge is 2.44. The van der Waals surface area contributed by atoms with Crippen molar-refractivity contribution in [2.24, 2.45) is 0 Å². The molecule has 10 heteroatoms. The van der Waals surface area contributed by atoms with E-state index >= 15 is 0 Å². The summed E-state index contributed by atoms with van der Waals surface area (Å²) in [5, 5.41) is 8.89. The third kappa shape index (κ3) is 5.01. The SMILES string of the molecule is CNC(=O)[C@@]1(c2ccccn2)CCCN(CC(=O)Nc2nc3ccc(NC(C)=O)cc3s2)C1. The van der Waals surface area contributed by atoms with E-state index in [2.05, 4.69) is 25.9 Å². The molecule has 9 nitrogen and oxygen atoms in total. The second-order valence-corrected chi connectivity index (χ2v) is 9.15. The van der Waals surface area contributed by atoms with Gasteiger partial charge in [0.1, 0.15) is 5.41 Å². The van der Waals surface area contributed by atoms with E-state index in [1.165, 1.54) is 18.3 Å². The maximum absolute atomic E-state index is 12.9. The van der Waals surface area contributed by atoms with Crippen LogP contribution in [0.2, 0.25) is 0 Å². The first-order chi connectivity index (χ1) is 15.9. The third-order valence-corrected chi connectivity index (χ3v) is 6.64. The molecule has 3 amide bonds. The smallest absolute Gasteiger partial charge is 0.240 e. The van der Waals surface area contributed by atoms with Gasteiger partial charge in [0.25, 0.3) is 0 Å². The predicted octanol–water partition coefficient (Wildman–Crippen LogP) is 2.37. The number of likely N-dealkylation sites (tertiary alicyclic amines) is 1. The number of carbonyl (C=O) groups is 3. The van der Waals surface area contributed by atoms with Gasteiger partial charge >= 0.3 is 0 Å². The lowest BCUT2D eigenvalue weighted by Gasteiger charge is -2.40. The Labute approximate surface area is 195 Å². The average molecular weight is 467 g/mol. The van der Waals surface area contributed by atoms with Gasteiger partial charge in [0.2, 0.25) is 17.7 Å². The van der Waals surface area contributed by atoms with Crippen LogP contribution in [-0.4, -0.2) is 59.3 Å². The van der Waals surface area contributed by atoms with Crippen molar-refractivity contribution in [1.82, 2.24) is 20.2 Å². The number of rotatable bonds is 6. The van der Waals surface area contributed by atoms with Crippen molar-refractivity contribution in [3.05, 3.63) is 48.3 Å². The van der Waals surface area contributed by atoms with Gasteiger partial charge in [0.15, 0.2) is 5.13 Å². The maximum Gasteiger partial charge on any atom is 0.240 e. The molecule has 1 atom stereocenters. The minimum atomic E-state index is -0.787. The van der Waals surface area contributed by atoms with Crippen molar-refractivity contribution < 1.29 is 14.4 Å². The molecule has 0 saturated carbocycles. The van der Waals surface area contributed by atoms with E-state index in [1.807, 2.05) is 35.2 Å². The van der Waals surface area contributed by atoms with Gasteiger partial charge in [-0.1, -0.05) is 17.4 Å². The summed E-state index contributed by atoms with van der Waals surface area (Å²) in [4.78, 5) is 47.9. The number of likely N-dealkylation sites (N-methyl/N-ethyl adjacent to an activating group) is 1. The summed E-state index contributed by atoms with van der Waals surface area (Å²) in [6, 6.07) is 11.0. The minimum Gasteiger partial charge on any atom is -0.358 e. The summed E-state index contributed by atoms with van der Waals surface area (Å²) in [5.74, 6) is -0.426. The van der Waals surface area contributed by atoms with Crippen molar-refractivity contribution in [2.75, 3.05) is 37.3 Å². The molecule has 1 aliphatic rings. The van der Waals surface area contributed by atoms with Crippen molar-refractivity contribution in [3.63, 3.8) is 0 Å². The maximum atomic E-state index is 12.9. The van der Waals surface area contributed by atoms with E-state index in [9.17, 15) is 14.4 Å². The third-order valence-electron chi connectivity index (χ3n) is 5.71. The number of pyridine rings is 1. The lowest BCUT2D eigenvalue weighted by molar-refractivity contribution is -0.130. The highest BCUT2D eigenvalue weighted by Crippen LogP contribution is 2.33. The van der Waals surface area contributed by atoms with Crippen molar-refractivity contribution in [3.8, 4) is 0 Å². The largest absolute Gasteiger partial charge is 0.358 e. The molecule has 3 aromatic rings. The van der Waals surface area contributed by atoms with Gasteiger partial charge in [-0.3, -0.25) is 24.3 Å². The van der Waals surface area contributed by atoms with Gasteiger partial charge in [-0.25, -0.2) is 4.98 Å². The molecular formula is C23H26N6O3S. The lowest BCUT2D eigenvalue weighted by Crippen LogP contribution is -2.55. The van der Waals surface area contributed by atoms with Gasteiger partial charge < -0.3 is 16.0 Å². The fourth-order valence-electron chi connectivity index (χ4n) is 4.30. The Morgan fingerprint density at radius 3 is 2.76 bits per heavy atom. The average Bonchev–Trinajstić information content (AvgIpc) is 3.20. The molecule has 0 radical (unpaired) electrons. The molecule has 172 valence electrons. The van der Waals surface area contributed by atoms with Crippen LogP contribution in [0.4, 0.5) is 10.8 Å². The van der Waals surface area contributed by atoms with E-state index in [0.717, 1.165) is 28.9 Å². The summed E-state index contributed by atoms with van der Waals surface area (Å²) in [6.45, 7) is 2.74. The first kappa shape index (κ1) is 22.8. The monoisotopic (exact) mass is 466 g/mol. The Balaban J connectivity index is 1.46. The Morgan fingerprint density at radius 1 is 1.18 bits per heavy atom. The molecule has 33 heavy (non-hydrogen) atoms. The zero-order valence-corrected chi connectivity index (χ0v) is 19.4. The normalized spacial score (nSPS) is 18.6. The Morgan fingerprint density at radius 2 is 2.03 bits per heavy atom. The van der Waals surface area contributed by atoms with Crippen LogP contribution in [-0.2, 0) is 19.8 Å². The Bertz CT molecular complexity index is 1180. The Hall–Kier alpha value is -3.37. The second-order valence-electron chi connectivity index (χ2n) is 8.12. The molecule has 2 aromatic heterocycles. The molecule has 3 heterocycles. The zero-order valence-electron chi connectivity index (χ0n) is 18.6. The van der Waals surface area contributed by atoms with Crippen LogP contribution in [0.25, 0.3) is 10.2 Å². The number of benzene rings is 1. The van der Waals surface area contributed by atoms with Crippen LogP contribution in [0, 0.1) is 0 Å². The number of amides is 3. The van der Waals surface area contributed by atoms with Gasteiger partial charge in [0, 0.05) is 32.4 Å². The van der Waals surface area contributed by atoms with Gasteiger partial charge in [-0.05, 0) is 49.7 Å². The first-order valence-electron chi connectivity index (χ1n) is 10.7. The van der Waals surface area contributed by atoms with Crippen LogP contribution in [0.1, 0.15) is 25.5 Å². The standard InChI is InChI=1S/C23H26N6O3S/c1-15(30)26-16-7-8-17-18(12-16)33-22(27-17)28-20(31)13-29-11-5-9-23(14-29,21(32)24-2)19-6-3-4-10-25-19/h3-4,6-8,10,12H,5,9,11,13-14H2,1-2H3,(H,24,32)(H,26,30)(H,27,28,31)/t23-/m0/s1. The minimum absolute atomic E-state index is 0.0903. The molecule has 1 saturated heterocycles. The van der Waals surface area contributed by atoms with E-state index < -0.39 is 5.41 Å². The highest BCUT2D eigenvalue weighted by atomic mass is 32.1. The molecule has 1 aliphatic heterocycles. The number of hydrogen-bond donors (Lipinski definition) is 3. The van der Waals surface area contributed by atoms with Gasteiger partial charge in [-0.2, -0.15) is 0 Å². The molecule has 1 aromatic carbocycles. The van der Waals surface area contributed by atoms with Crippen LogP contribution in [0.3, 0.4) is 0 Å². The van der Waals surface area contributed by atoms with E-state index in [1.54, 1.807) is 19.3 Å². The number of fused-ring (bicyclic) bond motifs is 1. The summed E-state index contributed by atoms with van der Waals surface area (Å²) < 4.78 is 0.864. The van der Waals surface area contributed by atoms with Gasteiger partial charge in [0.05, 0.1) is 22.5 Å².